The summed E-state index contributed by atoms with van der Waals surface area (Å²) in [6, 6.07) is 4.78. The highest BCUT2D eigenvalue weighted by atomic mass is 19.1. The Morgan fingerprint density at radius 2 is 2.03 bits per heavy atom. The minimum atomic E-state index is -0.609. The van der Waals surface area contributed by atoms with Gasteiger partial charge < -0.3 is 24.4 Å². The zero-order chi connectivity index (χ0) is 21.5. The number of carbonyl (C=O) groups is 2. The minimum absolute atomic E-state index is 0.195. The van der Waals surface area contributed by atoms with Gasteiger partial charge in [0.15, 0.2) is 5.79 Å². The van der Waals surface area contributed by atoms with Crippen LogP contribution in [0.2, 0.25) is 0 Å². The Balaban J connectivity index is 1.46. The van der Waals surface area contributed by atoms with Crippen LogP contribution in [0.1, 0.15) is 27.2 Å². The van der Waals surface area contributed by atoms with Gasteiger partial charge in [0, 0.05) is 31.8 Å². The predicted octanol–water partition coefficient (Wildman–Crippen LogP) is 2.27. The second-order valence-electron chi connectivity index (χ2n) is 8.69. The number of cyclic esters (lactones) is 1. The number of hydrogen-bond acceptors (Lipinski definition) is 6. The molecule has 0 bridgehead atoms. The number of nitrogens with one attached hydrogen (secondary N) is 1. The molecule has 3 fully saturated rings. The van der Waals surface area contributed by atoms with E-state index in [9.17, 15) is 9.59 Å². The first-order valence-electron chi connectivity index (χ1n) is 10.3. The Kier molecular flexibility index (Phi) is 5.36. The fraction of sp³-hybridized carbons (Fsp3) is 0.619. The number of anilines is 2. The Morgan fingerprint density at radius 3 is 2.67 bits per heavy atom. The molecule has 3 saturated heterocycles. The lowest BCUT2D eigenvalue weighted by Crippen LogP contribution is -2.58. The van der Waals surface area contributed by atoms with Gasteiger partial charge in [0.1, 0.15) is 11.9 Å². The summed E-state index contributed by atoms with van der Waals surface area (Å²) < 4.78 is 32.2. The Bertz CT molecular complexity index is 840. The molecule has 1 spiro atoms. The van der Waals surface area contributed by atoms with Gasteiger partial charge in [-0.05, 0) is 18.2 Å². The standard InChI is InChI=1S/C21H28FN3O5/c1-14(26)23-11-16-12-25(19(27)30-16)15-4-5-18(17(22)10-15)24-7-6-21(20(2,3)13-24)28-8-9-29-21/h4-5,10,16H,6-9,11-13H2,1-3H3,(H,23,26)/t16-/m0/s1. The average molecular weight is 421 g/mol. The fourth-order valence-corrected chi connectivity index (χ4v) is 4.51. The Morgan fingerprint density at radius 1 is 1.30 bits per heavy atom. The topological polar surface area (TPSA) is 80.3 Å². The highest BCUT2D eigenvalue weighted by Gasteiger charge is 2.53. The van der Waals surface area contributed by atoms with Crippen LogP contribution in [-0.4, -0.2) is 63.3 Å². The maximum absolute atomic E-state index is 15.0. The summed E-state index contributed by atoms with van der Waals surface area (Å²) in [6.45, 7) is 8.41. The van der Waals surface area contributed by atoms with E-state index in [1.807, 2.05) is 4.90 Å². The molecule has 1 aromatic carbocycles. The van der Waals surface area contributed by atoms with Crippen molar-refractivity contribution in [2.75, 3.05) is 49.2 Å². The number of hydrogen-bond donors (Lipinski definition) is 1. The van der Waals surface area contributed by atoms with Crippen molar-refractivity contribution >= 4 is 23.4 Å². The number of benzene rings is 1. The summed E-state index contributed by atoms with van der Waals surface area (Å²) in [4.78, 5) is 26.6. The van der Waals surface area contributed by atoms with Crippen LogP contribution < -0.4 is 15.1 Å². The SMILES string of the molecule is CC(=O)NC[C@H]1CN(c2ccc(N3CCC4(OCCO4)C(C)(C)C3)c(F)c2)C(=O)O1. The molecule has 0 aliphatic carbocycles. The fourth-order valence-electron chi connectivity index (χ4n) is 4.51. The quantitative estimate of drug-likeness (QED) is 0.804. The number of carbonyl (C=O) groups excluding carboxylic acids is 2. The monoisotopic (exact) mass is 421 g/mol. The molecular weight excluding hydrogens is 393 g/mol. The summed E-state index contributed by atoms with van der Waals surface area (Å²) in [5, 5.41) is 2.63. The van der Waals surface area contributed by atoms with Crippen LogP contribution in [0.5, 0.6) is 0 Å². The third-order valence-corrected chi connectivity index (χ3v) is 6.12. The van der Waals surface area contributed by atoms with Crippen molar-refractivity contribution in [3.8, 4) is 0 Å². The van der Waals surface area contributed by atoms with Gasteiger partial charge in [0.25, 0.3) is 0 Å². The Hall–Kier alpha value is -2.39. The van der Waals surface area contributed by atoms with Crippen LogP contribution in [0, 0.1) is 11.2 Å². The largest absolute Gasteiger partial charge is 0.442 e. The van der Waals surface area contributed by atoms with E-state index in [4.69, 9.17) is 14.2 Å². The summed E-state index contributed by atoms with van der Waals surface area (Å²) >= 11 is 0. The first-order valence-corrected chi connectivity index (χ1v) is 10.3. The summed E-state index contributed by atoms with van der Waals surface area (Å²) in [5.41, 5.74) is 0.617. The lowest BCUT2D eigenvalue weighted by atomic mass is 9.77. The predicted molar refractivity (Wildman–Crippen MR) is 108 cm³/mol. The molecule has 8 nitrogen and oxygen atoms in total. The van der Waals surface area contributed by atoms with E-state index in [1.165, 1.54) is 17.9 Å². The van der Waals surface area contributed by atoms with E-state index in [2.05, 4.69) is 19.2 Å². The maximum Gasteiger partial charge on any atom is 0.414 e. The van der Waals surface area contributed by atoms with Crippen LogP contribution in [0.3, 0.4) is 0 Å². The molecule has 3 heterocycles. The van der Waals surface area contributed by atoms with Crippen molar-refractivity contribution in [3.63, 3.8) is 0 Å². The molecular formula is C21H28FN3O5. The number of piperidine rings is 1. The van der Waals surface area contributed by atoms with Gasteiger partial charge >= 0.3 is 6.09 Å². The zero-order valence-electron chi connectivity index (χ0n) is 17.6. The molecule has 3 aliphatic rings. The molecule has 9 heteroatoms. The highest BCUT2D eigenvalue weighted by molar-refractivity contribution is 5.90. The molecule has 0 aromatic heterocycles. The van der Waals surface area contributed by atoms with Gasteiger partial charge in [-0.1, -0.05) is 13.8 Å². The summed E-state index contributed by atoms with van der Waals surface area (Å²) in [6.07, 6.45) is -0.353. The normalized spacial score (nSPS) is 24.9. The number of halogens is 1. The zero-order valence-corrected chi connectivity index (χ0v) is 17.6. The van der Waals surface area contributed by atoms with Crippen molar-refractivity contribution in [1.29, 1.82) is 0 Å². The van der Waals surface area contributed by atoms with E-state index in [1.54, 1.807) is 12.1 Å². The first kappa shape index (κ1) is 20.9. The van der Waals surface area contributed by atoms with Crippen LogP contribution >= 0.6 is 0 Å². The molecule has 2 amide bonds. The lowest BCUT2D eigenvalue weighted by molar-refractivity contribution is -0.235. The molecule has 4 rings (SSSR count). The molecule has 1 N–H and O–H groups in total. The number of amides is 2. The van der Waals surface area contributed by atoms with Crippen LogP contribution in [-0.2, 0) is 19.0 Å². The van der Waals surface area contributed by atoms with Gasteiger partial charge in [0.05, 0.1) is 37.7 Å². The van der Waals surface area contributed by atoms with Crippen LogP contribution in [0.25, 0.3) is 0 Å². The molecule has 1 atom stereocenters. The van der Waals surface area contributed by atoms with Crippen molar-refractivity contribution < 1.29 is 28.2 Å². The first-order chi connectivity index (χ1) is 14.2. The number of ether oxygens (including phenoxy) is 3. The third-order valence-electron chi connectivity index (χ3n) is 6.12. The lowest BCUT2D eigenvalue weighted by Gasteiger charge is -2.50. The van der Waals surface area contributed by atoms with Gasteiger partial charge in [-0.25, -0.2) is 9.18 Å². The minimum Gasteiger partial charge on any atom is -0.442 e. The van der Waals surface area contributed by atoms with E-state index in [0.717, 1.165) is 0 Å². The van der Waals surface area contributed by atoms with Crippen molar-refractivity contribution in [1.82, 2.24) is 5.32 Å². The van der Waals surface area contributed by atoms with E-state index < -0.39 is 23.8 Å². The van der Waals surface area contributed by atoms with Crippen molar-refractivity contribution in [2.24, 2.45) is 5.41 Å². The smallest absolute Gasteiger partial charge is 0.414 e. The van der Waals surface area contributed by atoms with Gasteiger partial charge in [-0.3, -0.25) is 9.69 Å². The average Bonchev–Trinajstić information content (AvgIpc) is 3.30. The van der Waals surface area contributed by atoms with E-state index in [0.29, 0.717) is 44.1 Å². The maximum atomic E-state index is 15.0. The van der Waals surface area contributed by atoms with E-state index >= 15 is 4.39 Å². The second kappa shape index (κ2) is 7.70. The molecule has 0 saturated carbocycles. The Labute approximate surface area is 175 Å². The molecule has 30 heavy (non-hydrogen) atoms. The van der Waals surface area contributed by atoms with E-state index in [-0.39, 0.29) is 24.4 Å². The molecule has 0 radical (unpaired) electrons. The third kappa shape index (κ3) is 3.72. The van der Waals surface area contributed by atoms with Crippen molar-refractivity contribution in [3.05, 3.63) is 24.0 Å². The summed E-state index contributed by atoms with van der Waals surface area (Å²) in [7, 11) is 0. The number of nitrogens with zero attached hydrogens (tertiary/aromatic N) is 2. The highest BCUT2D eigenvalue weighted by Crippen LogP contribution is 2.46. The van der Waals surface area contributed by atoms with Crippen molar-refractivity contribution in [2.45, 2.75) is 39.1 Å². The van der Waals surface area contributed by atoms with Gasteiger partial charge in [-0.15, -0.1) is 0 Å². The molecule has 164 valence electrons. The number of rotatable bonds is 4. The molecule has 1 aromatic rings. The van der Waals surface area contributed by atoms with Gasteiger partial charge in [-0.2, -0.15) is 0 Å². The van der Waals surface area contributed by atoms with Gasteiger partial charge in [0.2, 0.25) is 5.91 Å². The van der Waals surface area contributed by atoms with Crippen LogP contribution in [0.4, 0.5) is 20.6 Å². The van der Waals surface area contributed by atoms with Crippen LogP contribution in [0.15, 0.2) is 18.2 Å². The molecule has 3 aliphatic heterocycles. The molecule has 0 unspecified atom stereocenters. The summed E-state index contributed by atoms with van der Waals surface area (Å²) in [5.74, 6) is -1.20. The second-order valence-corrected chi connectivity index (χ2v) is 8.69.